The molecule has 0 saturated carbocycles. The zero-order valence-corrected chi connectivity index (χ0v) is 12.4. The van der Waals surface area contributed by atoms with Crippen LogP contribution in [-0.4, -0.2) is 35.5 Å². The second-order valence-electron chi connectivity index (χ2n) is 3.31. The van der Waals surface area contributed by atoms with E-state index in [1.165, 1.54) is 0 Å². The van der Waals surface area contributed by atoms with Gasteiger partial charge in [0.1, 0.15) is 0 Å². The Morgan fingerprint density at radius 3 is 2.19 bits per heavy atom. The molecule has 6 heteroatoms. The van der Waals surface area contributed by atoms with Crippen molar-refractivity contribution in [2.24, 2.45) is 0 Å². The molecule has 0 aliphatic heterocycles. The third-order valence-corrected chi connectivity index (χ3v) is 6.86. The van der Waals surface area contributed by atoms with Crippen LogP contribution < -0.4 is 0 Å². The number of hydrogen-bond donors (Lipinski definition) is 1. The minimum atomic E-state index is -3.30. The van der Waals surface area contributed by atoms with Crippen molar-refractivity contribution in [2.45, 2.75) is 14.5 Å². The van der Waals surface area contributed by atoms with E-state index in [1.54, 1.807) is 30.3 Å². The van der Waals surface area contributed by atoms with Crippen LogP contribution in [0.4, 0.5) is 0 Å². The number of alkyl halides is 2. The summed E-state index contributed by atoms with van der Waals surface area (Å²) in [4.78, 5) is -0.286. The van der Waals surface area contributed by atoms with Crippen LogP contribution in [0.1, 0.15) is 0 Å². The minimum absolute atomic E-state index is 0.0481. The van der Waals surface area contributed by atoms with Crippen LogP contribution in [0.15, 0.2) is 35.2 Å². The van der Waals surface area contributed by atoms with Crippen LogP contribution in [0.2, 0.25) is 0 Å². The first-order valence-electron chi connectivity index (χ1n) is 4.64. The van der Waals surface area contributed by atoms with Gasteiger partial charge in [0.25, 0.3) is 0 Å². The summed E-state index contributed by atoms with van der Waals surface area (Å²) in [6.45, 7) is -0.111. The molecular weight excluding hydrogens is 360 g/mol. The Hall–Kier alpha value is 0.0900. The van der Waals surface area contributed by atoms with Crippen molar-refractivity contribution in [3.63, 3.8) is 0 Å². The molecular formula is C10H12Br2O3S. The van der Waals surface area contributed by atoms with Crippen molar-refractivity contribution < 1.29 is 13.5 Å². The Bertz CT molecular complexity index is 419. The second-order valence-corrected chi connectivity index (χ2v) is 7.70. The fourth-order valence-corrected chi connectivity index (χ4v) is 4.21. The maximum Gasteiger partial charge on any atom is 0.179 e. The molecule has 0 aromatic heterocycles. The van der Waals surface area contributed by atoms with Gasteiger partial charge in [0, 0.05) is 4.83 Å². The Kier molecular flexibility index (Phi) is 5.43. The van der Waals surface area contributed by atoms with Crippen molar-refractivity contribution in [3.8, 4) is 0 Å². The van der Waals surface area contributed by atoms with Crippen molar-refractivity contribution in [3.05, 3.63) is 30.3 Å². The Balaban J connectivity index is 2.81. The molecule has 0 radical (unpaired) electrons. The molecule has 0 bridgehead atoms. The first kappa shape index (κ1) is 14.2. The molecule has 2 atom stereocenters. The number of rotatable bonds is 5. The second kappa shape index (κ2) is 6.14. The maximum absolute atomic E-state index is 11.9. The van der Waals surface area contributed by atoms with E-state index in [4.69, 9.17) is 5.11 Å². The maximum atomic E-state index is 11.9. The van der Waals surface area contributed by atoms with Gasteiger partial charge in [-0.1, -0.05) is 50.1 Å². The van der Waals surface area contributed by atoms with E-state index < -0.39 is 9.84 Å². The highest BCUT2D eigenvalue weighted by Gasteiger charge is 2.23. The largest absolute Gasteiger partial charge is 0.395 e. The van der Waals surface area contributed by atoms with Gasteiger partial charge in [0.2, 0.25) is 0 Å². The van der Waals surface area contributed by atoms with E-state index in [0.29, 0.717) is 4.90 Å². The molecule has 0 aliphatic rings. The predicted octanol–water partition coefficient (Wildman–Crippen LogP) is 1.98. The third kappa shape index (κ3) is 3.84. The lowest BCUT2D eigenvalue weighted by Crippen LogP contribution is -2.26. The fraction of sp³-hybridized carbons (Fsp3) is 0.400. The molecule has 1 N–H and O–H groups in total. The van der Waals surface area contributed by atoms with Crippen molar-refractivity contribution in [2.75, 3.05) is 12.4 Å². The lowest BCUT2D eigenvalue weighted by atomic mass is 10.3. The van der Waals surface area contributed by atoms with Gasteiger partial charge >= 0.3 is 0 Å². The summed E-state index contributed by atoms with van der Waals surface area (Å²) in [5.74, 6) is -0.0481. The van der Waals surface area contributed by atoms with Gasteiger partial charge in [-0.3, -0.25) is 0 Å². The zero-order valence-electron chi connectivity index (χ0n) is 8.38. The Morgan fingerprint density at radius 1 is 1.12 bits per heavy atom. The van der Waals surface area contributed by atoms with Crippen LogP contribution in [-0.2, 0) is 9.84 Å². The standard InChI is InChI=1S/C10H12Br2O3S/c11-9(6-13)10(12)7-16(14,15)8-4-2-1-3-5-8/h1-5,9-10,13H,6-7H2. The Morgan fingerprint density at radius 2 is 1.69 bits per heavy atom. The Labute approximate surface area is 112 Å². The van der Waals surface area contributed by atoms with E-state index in [9.17, 15) is 8.42 Å². The summed E-state index contributed by atoms with van der Waals surface area (Å²) in [6.07, 6.45) is 0. The van der Waals surface area contributed by atoms with Gasteiger partial charge in [-0.15, -0.1) is 0 Å². The minimum Gasteiger partial charge on any atom is -0.395 e. The summed E-state index contributed by atoms with van der Waals surface area (Å²) in [5.41, 5.74) is 0. The van der Waals surface area contributed by atoms with Gasteiger partial charge in [-0.25, -0.2) is 8.42 Å². The van der Waals surface area contributed by atoms with Crippen molar-refractivity contribution >= 4 is 41.7 Å². The van der Waals surface area contributed by atoms with Gasteiger partial charge in [-0.05, 0) is 12.1 Å². The quantitative estimate of drug-likeness (QED) is 0.805. The average Bonchev–Trinajstić information content (AvgIpc) is 2.28. The number of halogens is 2. The topological polar surface area (TPSA) is 54.4 Å². The number of benzene rings is 1. The molecule has 16 heavy (non-hydrogen) atoms. The van der Waals surface area contributed by atoms with Gasteiger partial charge < -0.3 is 5.11 Å². The fourth-order valence-electron chi connectivity index (χ4n) is 1.15. The molecule has 0 saturated heterocycles. The summed E-state index contributed by atoms with van der Waals surface area (Å²) in [6, 6.07) is 8.28. The van der Waals surface area contributed by atoms with Crippen molar-refractivity contribution in [1.82, 2.24) is 0 Å². The lowest BCUT2D eigenvalue weighted by Gasteiger charge is -2.14. The van der Waals surface area contributed by atoms with Gasteiger partial charge in [-0.2, -0.15) is 0 Å². The van der Waals surface area contributed by atoms with E-state index in [-0.39, 0.29) is 22.0 Å². The molecule has 0 spiro atoms. The van der Waals surface area contributed by atoms with Crippen LogP contribution in [0.25, 0.3) is 0 Å². The monoisotopic (exact) mass is 370 g/mol. The van der Waals surface area contributed by atoms with Crippen LogP contribution in [0.3, 0.4) is 0 Å². The lowest BCUT2D eigenvalue weighted by molar-refractivity contribution is 0.297. The average molecular weight is 372 g/mol. The molecule has 2 unspecified atom stereocenters. The predicted molar refractivity (Wildman–Crippen MR) is 71.0 cm³/mol. The van der Waals surface area contributed by atoms with Crippen LogP contribution in [0.5, 0.6) is 0 Å². The molecule has 90 valence electrons. The summed E-state index contributed by atoms with van der Waals surface area (Å²) in [5, 5.41) is 8.90. The van der Waals surface area contributed by atoms with E-state index >= 15 is 0 Å². The highest BCUT2D eigenvalue weighted by atomic mass is 79.9. The normalized spacial score (nSPS) is 15.7. The van der Waals surface area contributed by atoms with Crippen molar-refractivity contribution in [1.29, 1.82) is 0 Å². The van der Waals surface area contributed by atoms with Gasteiger partial charge in [0.05, 0.1) is 22.1 Å². The van der Waals surface area contributed by atoms with E-state index in [2.05, 4.69) is 31.9 Å². The summed E-state index contributed by atoms with van der Waals surface area (Å²) in [7, 11) is -3.30. The van der Waals surface area contributed by atoms with E-state index in [0.717, 1.165) is 0 Å². The number of aliphatic hydroxyl groups is 1. The third-order valence-electron chi connectivity index (χ3n) is 2.05. The molecule has 0 amide bonds. The SMILES string of the molecule is O=S(=O)(CC(Br)C(Br)CO)c1ccccc1. The highest BCUT2D eigenvalue weighted by Crippen LogP contribution is 2.20. The smallest absolute Gasteiger partial charge is 0.179 e. The highest BCUT2D eigenvalue weighted by molar-refractivity contribution is 9.12. The molecule has 1 aromatic rings. The molecule has 0 fully saturated rings. The first-order valence-corrected chi connectivity index (χ1v) is 8.12. The van der Waals surface area contributed by atoms with Crippen LogP contribution in [0, 0.1) is 0 Å². The summed E-state index contributed by atoms with van der Waals surface area (Å²) >= 11 is 6.46. The summed E-state index contributed by atoms with van der Waals surface area (Å²) < 4.78 is 23.9. The number of aliphatic hydroxyl groups excluding tert-OH is 1. The number of sulfone groups is 1. The molecule has 0 aliphatic carbocycles. The van der Waals surface area contributed by atoms with E-state index in [1.807, 2.05) is 0 Å². The molecule has 1 aromatic carbocycles. The first-order chi connectivity index (χ1) is 7.47. The number of hydrogen-bond acceptors (Lipinski definition) is 3. The molecule has 3 nitrogen and oxygen atoms in total. The van der Waals surface area contributed by atoms with Gasteiger partial charge in [0.15, 0.2) is 9.84 Å². The molecule has 0 heterocycles. The van der Waals surface area contributed by atoms with Crippen LogP contribution >= 0.6 is 31.9 Å². The zero-order chi connectivity index (χ0) is 12.2. The molecule has 1 rings (SSSR count).